The number of anilines is 1. The molecule has 2 heterocycles. The second kappa shape index (κ2) is 6.75. The summed E-state index contributed by atoms with van der Waals surface area (Å²) < 4.78 is 1.85. The van der Waals surface area contributed by atoms with Crippen LogP contribution in [0.15, 0.2) is 54.6 Å². The van der Waals surface area contributed by atoms with Crippen LogP contribution in [0.25, 0.3) is 16.4 Å². The van der Waals surface area contributed by atoms with Crippen molar-refractivity contribution in [2.75, 3.05) is 11.9 Å². The third kappa shape index (κ3) is 2.79. The SMILES string of the molecule is CCC(Cc1ccccc1)N(C)c1nn2c(C)nnc2c2ccccc12. The number of fused-ring (bicyclic) bond motifs is 3. The maximum absolute atomic E-state index is 4.89. The summed E-state index contributed by atoms with van der Waals surface area (Å²) in [4.78, 5) is 2.30. The van der Waals surface area contributed by atoms with E-state index in [9.17, 15) is 0 Å². The monoisotopic (exact) mass is 345 g/mol. The molecule has 1 unspecified atom stereocenters. The van der Waals surface area contributed by atoms with Crippen molar-refractivity contribution in [3.8, 4) is 0 Å². The summed E-state index contributed by atoms with van der Waals surface area (Å²) in [6.07, 6.45) is 2.03. The molecule has 4 rings (SSSR count). The molecule has 0 saturated carbocycles. The van der Waals surface area contributed by atoms with Crippen LogP contribution in [0, 0.1) is 6.92 Å². The van der Waals surface area contributed by atoms with Crippen molar-refractivity contribution in [2.24, 2.45) is 0 Å². The number of likely N-dealkylation sites (N-methyl/N-ethyl adjacent to an activating group) is 1. The molecule has 1 atom stereocenters. The van der Waals surface area contributed by atoms with E-state index in [1.54, 1.807) is 0 Å². The quantitative estimate of drug-likeness (QED) is 0.547. The van der Waals surface area contributed by atoms with Crippen molar-refractivity contribution in [2.45, 2.75) is 32.7 Å². The minimum atomic E-state index is 0.363. The van der Waals surface area contributed by atoms with Crippen LogP contribution in [0.2, 0.25) is 0 Å². The van der Waals surface area contributed by atoms with Crippen molar-refractivity contribution in [1.82, 2.24) is 19.8 Å². The second-order valence-corrected chi connectivity index (χ2v) is 6.71. The molecule has 0 spiro atoms. The molecule has 0 amide bonds. The number of hydrogen-bond donors (Lipinski definition) is 0. The number of hydrogen-bond acceptors (Lipinski definition) is 4. The van der Waals surface area contributed by atoms with Gasteiger partial charge >= 0.3 is 0 Å². The molecular weight excluding hydrogens is 322 g/mol. The van der Waals surface area contributed by atoms with Gasteiger partial charge in [-0.15, -0.1) is 15.3 Å². The van der Waals surface area contributed by atoms with E-state index in [2.05, 4.69) is 77.6 Å². The van der Waals surface area contributed by atoms with Gasteiger partial charge in [0.2, 0.25) is 0 Å². The number of rotatable bonds is 5. The molecule has 0 N–H and O–H groups in total. The summed E-state index contributed by atoms with van der Waals surface area (Å²) in [7, 11) is 2.14. The summed E-state index contributed by atoms with van der Waals surface area (Å²) in [5.41, 5.74) is 2.16. The molecule has 5 nitrogen and oxygen atoms in total. The first kappa shape index (κ1) is 16.5. The van der Waals surface area contributed by atoms with Crippen LogP contribution in [0.3, 0.4) is 0 Å². The van der Waals surface area contributed by atoms with Crippen molar-refractivity contribution < 1.29 is 0 Å². The zero-order chi connectivity index (χ0) is 18.1. The van der Waals surface area contributed by atoms with Crippen LogP contribution in [-0.4, -0.2) is 32.9 Å². The Kier molecular flexibility index (Phi) is 4.29. The highest BCUT2D eigenvalue weighted by molar-refractivity contribution is 6.00. The first-order valence-electron chi connectivity index (χ1n) is 9.06. The Bertz CT molecular complexity index is 1040. The van der Waals surface area contributed by atoms with Gasteiger partial charge in [0.25, 0.3) is 0 Å². The fraction of sp³-hybridized carbons (Fsp3) is 0.286. The average Bonchev–Trinajstić information content (AvgIpc) is 3.07. The molecular formula is C21H23N5. The van der Waals surface area contributed by atoms with Crippen molar-refractivity contribution >= 4 is 22.2 Å². The van der Waals surface area contributed by atoms with E-state index in [0.29, 0.717) is 6.04 Å². The maximum atomic E-state index is 4.89. The van der Waals surface area contributed by atoms with Crippen molar-refractivity contribution in [1.29, 1.82) is 0 Å². The molecule has 132 valence electrons. The average molecular weight is 345 g/mol. The third-order valence-electron chi connectivity index (χ3n) is 5.07. The lowest BCUT2D eigenvalue weighted by Crippen LogP contribution is -2.34. The second-order valence-electron chi connectivity index (χ2n) is 6.71. The molecule has 4 aromatic rings. The Labute approximate surface area is 153 Å². The van der Waals surface area contributed by atoms with Gasteiger partial charge in [-0.05, 0) is 25.3 Å². The topological polar surface area (TPSA) is 46.3 Å². The number of nitrogens with zero attached hydrogens (tertiary/aromatic N) is 5. The Morgan fingerprint density at radius 1 is 0.962 bits per heavy atom. The van der Waals surface area contributed by atoms with Crippen LogP contribution >= 0.6 is 0 Å². The van der Waals surface area contributed by atoms with E-state index in [1.807, 2.05) is 17.5 Å². The zero-order valence-electron chi connectivity index (χ0n) is 15.4. The van der Waals surface area contributed by atoms with E-state index in [4.69, 9.17) is 5.10 Å². The highest BCUT2D eigenvalue weighted by Crippen LogP contribution is 2.29. The van der Waals surface area contributed by atoms with Crippen LogP contribution < -0.4 is 4.90 Å². The van der Waals surface area contributed by atoms with Gasteiger partial charge in [-0.25, -0.2) is 0 Å². The van der Waals surface area contributed by atoms with Gasteiger partial charge in [-0.2, -0.15) is 4.52 Å². The Balaban J connectivity index is 1.81. The van der Waals surface area contributed by atoms with E-state index >= 15 is 0 Å². The van der Waals surface area contributed by atoms with Gasteiger partial charge in [0.1, 0.15) is 0 Å². The summed E-state index contributed by atoms with van der Waals surface area (Å²) in [5.74, 6) is 1.77. The first-order chi connectivity index (χ1) is 12.7. The lowest BCUT2D eigenvalue weighted by Gasteiger charge is -2.29. The van der Waals surface area contributed by atoms with Crippen LogP contribution in [-0.2, 0) is 6.42 Å². The molecule has 0 saturated heterocycles. The molecule has 0 aliphatic rings. The predicted molar refractivity (Wildman–Crippen MR) is 106 cm³/mol. The minimum Gasteiger partial charge on any atom is -0.354 e. The summed E-state index contributed by atoms with van der Waals surface area (Å²) in [6, 6.07) is 19.3. The molecule has 5 heteroatoms. The van der Waals surface area contributed by atoms with Crippen LogP contribution in [0.4, 0.5) is 5.82 Å². The summed E-state index contributed by atoms with van der Waals surface area (Å²) in [5, 5.41) is 15.6. The highest BCUT2D eigenvalue weighted by Gasteiger charge is 2.20. The molecule has 0 aliphatic carbocycles. The standard InChI is InChI=1S/C21H23N5/c1-4-17(14-16-10-6-5-7-11-16)25(3)21-19-13-9-8-12-18(19)20-23-22-15(2)26(20)24-21/h5-13,17H,4,14H2,1-3H3. The lowest BCUT2D eigenvalue weighted by atomic mass is 10.0. The fourth-order valence-corrected chi connectivity index (χ4v) is 3.54. The van der Waals surface area contributed by atoms with Crippen LogP contribution in [0.5, 0.6) is 0 Å². The molecule has 0 radical (unpaired) electrons. The largest absolute Gasteiger partial charge is 0.354 e. The fourth-order valence-electron chi connectivity index (χ4n) is 3.54. The molecule has 2 aromatic heterocycles. The molecule has 0 fully saturated rings. The molecule has 2 aromatic carbocycles. The first-order valence-corrected chi connectivity index (χ1v) is 9.06. The summed E-state index contributed by atoms with van der Waals surface area (Å²) in [6.45, 7) is 4.17. The van der Waals surface area contributed by atoms with Gasteiger partial charge in [0.15, 0.2) is 17.3 Å². The van der Waals surface area contributed by atoms with Gasteiger partial charge in [0, 0.05) is 23.9 Å². The zero-order valence-corrected chi connectivity index (χ0v) is 15.4. The van der Waals surface area contributed by atoms with Gasteiger partial charge in [-0.3, -0.25) is 0 Å². The smallest absolute Gasteiger partial charge is 0.185 e. The molecule has 0 bridgehead atoms. The minimum absolute atomic E-state index is 0.363. The normalized spacial score (nSPS) is 12.6. The Morgan fingerprint density at radius 2 is 1.65 bits per heavy atom. The number of aryl methyl sites for hydroxylation is 1. The number of aromatic nitrogens is 4. The summed E-state index contributed by atoms with van der Waals surface area (Å²) >= 11 is 0. The third-order valence-corrected chi connectivity index (χ3v) is 5.07. The molecule has 26 heavy (non-hydrogen) atoms. The molecule has 0 aliphatic heterocycles. The number of benzene rings is 2. The van der Waals surface area contributed by atoms with E-state index in [-0.39, 0.29) is 0 Å². The van der Waals surface area contributed by atoms with Crippen LogP contribution in [0.1, 0.15) is 24.7 Å². The van der Waals surface area contributed by atoms with E-state index in [1.165, 1.54) is 5.56 Å². The Morgan fingerprint density at radius 3 is 2.38 bits per heavy atom. The predicted octanol–water partition coefficient (Wildman–Crippen LogP) is 4.04. The highest BCUT2D eigenvalue weighted by atomic mass is 15.4. The van der Waals surface area contributed by atoms with Crippen molar-refractivity contribution in [3.63, 3.8) is 0 Å². The van der Waals surface area contributed by atoms with Gasteiger partial charge < -0.3 is 4.90 Å². The van der Waals surface area contributed by atoms with E-state index < -0.39 is 0 Å². The maximum Gasteiger partial charge on any atom is 0.185 e. The Hall–Kier alpha value is -2.95. The van der Waals surface area contributed by atoms with E-state index in [0.717, 1.165) is 40.9 Å². The van der Waals surface area contributed by atoms with Gasteiger partial charge in [0.05, 0.1) is 0 Å². The lowest BCUT2D eigenvalue weighted by molar-refractivity contribution is 0.598. The van der Waals surface area contributed by atoms with Crippen molar-refractivity contribution in [3.05, 3.63) is 66.0 Å². The van der Waals surface area contributed by atoms with Gasteiger partial charge in [-0.1, -0.05) is 61.5 Å².